The lowest BCUT2D eigenvalue weighted by atomic mass is 9.99. The number of unbranched alkanes of at least 4 members (excludes halogenated alkanes) is 2. The molecule has 2 N–H and O–H groups in total. The minimum Gasteiger partial charge on any atom is -0.504 e. The number of hydrogen-bond donors (Lipinski definition) is 2. The molecule has 1 atom stereocenters. The van der Waals surface area contributed by atoms with Gasteiger partial charge in [0.15, 0.2) is 11.5 Å². The molecule has 2 rings (SSSR count). The van der Waals surface area contributed by atoms with Crippen LogP contribution in [0.2, 0.25) is 0 Å². The van der Waals surface area contributed by atoms with E-state index >= 15 is 0 Å². The first-order chi connectivity index (χ1) is 9.10. The number of rotatable bonds is 5. The number of esters is 1. The zero-order valence-electron chi connectivity index (χ0n) is 11.1. The lowest BCUT2D eigenvalue weighted by Crippen LogP contribution is -1.98. The number of methoxy groups -OCH3 is 1. The highest BCUT2D eigenvalue weighted by atomic mass is 16.5. The molecule has 0 bridgehead atoms. The van der Waals surface area contributed by atoms with Gasteiger partial charge in [0, 0.05) is 5.56 Å². The summed E-state index contributed by atoms with van der Waals surface area (Å²) in [5, 5.41) is 19.6. The van der Waals surface area contributed by atoms with Crippen molar-refractivity contribution in [2.75, 3.05) is 7.11 Å². The van der Waals surface area contributed by atoms with Gasteiger partial charge in [-0.1, -0.05) is 19.8 Å². The molecule has 1 unspecified atom stereocenters. The van der Waals surface area contributed by atoms with Crippen LogP contribution in [0.5, 0.6) is 17.2 Å². The number of hydrogen-bond acceptors (Lipinski definition) is 5. The molecule has 0 saturated carbocycles. The Morgan fingerprint density at radius 1 is 1.32 bits per heavy atom. The van der Waals surface area contributed by atoms with E-state index < -0.39 is 17.5 Å². The van der Waals surface area contributed by atoms with Gasteiger partial charge in [-0.05, 0) is 18.9 Å². The van der Waals surface area contributed by atoms with Gasteiger partial charge < -0.3 is 19.7 Å². The van der Waals surface area contributed by atoms with E-state index in [0.29, 0.717) is 12.0 Å². The molecule has 104 valence electrons. The Morgan fingerprint density at radius 2 is 2.05 bits per heavy atom. The molecule has 1 aliphatic rings. The summed E-state index contributed by atoms with van der Waals surface area (Å²) in [4.78, 5) is 11.7. The second-order valence-corrected chi connectivity index (χ2v) is 4.63. The Morgan fingerprint density at radius 3 is 2.68 bits per heavy atom. The fourth-order valence-corrected chi connectivity index (χ4v) is 2.32. The van der Waals surface area contributed by atoms with E-state index in [-0.39, 0.29) is 17.4 Å². The van der Waals surface area contributed by atoms with Crippen LogP contribution in [0.4, 0.5) is 0 Å². The summed E-state index contributed by atoms with van der Waals surface area (Å²) in [6.45, 7) is 2.10. The predicted molar refractivity (Wildman–Crippen MR) is 68.6 cm³/mol. The van der Waals surface area contributed by atoms with Crippen LogP contribution >= 0.6 is 0 Å². The number of aromatic hydroxyl groups is 2. The first-order valence-corrected chi connectivity index (χ1v) is 6.43. The molecule has 5 heteroatoms. The predicted octanol–water partition coefficient (Wildman–Crippen LogP) is 2.90. The Hall–Kier alpha value is -1.91. The van der Waals surface area contributed by atoms with Crippen molar-refractivity contribution in [1.29, 1.82) is 0 Å². The van der Waals surface area contributed by atoms with Gasteiger partial charge in [-0.25, -0.2) is 4.79 Å². The van der Waals surface area contributed by atoms with Crippen LogP contribution < -0.4 is 4.74 Å². The zero-order chi connectivity index (χ0) is 14.0. The molecule has 0 spiro atoms. The van der Waals surface area contributed by atoms with Gasteiger partial charge in [0.2, 0.25) is 5.75 Å². The van der Waals surface area contributed by atoms with Crippen molar-refractivity contribution < 1.29 is 24.5 Å². The van der Waals surface area contributed by atoms with Crippen LogP contribution in [0.3, 0.4) is 0 Å². The van der Waals surface area contributed by atoms with Gasteiger partial charge >= 0.3 is 5.97 Å². The number of phenolic OH excluding ortho intramolecular Hbond substituents is 2. The van der Waals surface area contributed by atoms with Crippen LogP contribution in [-0.4, -0.2) is 23.3 Å². The summed E-state index contributed by atoms with van der Waals surface area (Å²) < 4.78 is 10.2. The molecule has 19 heavy (non-hydrogen) atoms. The molecule has 0 saturated heterocycles. The summed E-state index contributed by atoms with van der Waals surface area (Å²) >= 11 is 0. The molecule has 0 aromatic heterocycles. The van der Waals surface area contributed by atoms with Crippen LogP contribution in [-0.2, 0) is 4.74 Å². The minimum atomic E-state index is -0.591. The van der Waals surface area contributed by atoms with Gasteiger partial charge in [-0.3, -0.25) is 0 Å². The monoisotopic (exact) mass is 266 g/mol. The zero-order valence-corrected chi connectivity index (χ0v) is 11.1. The average molecular weight is 266 g/mol. The number of carbonyl (C=O) groups excluding carboxylic acids is 1. The molecule has 0 radical (unpaired) electrons. The maximum Gasteiger partial charge on any atom is 0.343 e. The lowest BCUT2D eigenvalue weighted by molar-refractivity contribution is 0.0362. The summed E-state index contributed by atoms with van der Waals surface area (Å²) in [5.41, 5.74) is 0.646. The van der Waals surface area contributed by atoms with E-state index in [1.165, 1.54) is 7.11 Å². The summed E-state index contributed by atoms with van der Waals surface area (Å²) in [5.74, 6) is -1.33. The van der Waals surface area contributed by atoms with E-state index in [4.69, 9.17) is 9.47 Å². The molecule has 0 aliphatic carbocycles. The highest BCUT2D eigenvalue weighted by Crippen LogP contribution is 2.47. The highest BCUT2D eigenvalue weighted by molar-refractivity contribution is 5.98. The largest absolute Gasteiger partial charge is 0.504 e. The number of fused-ring (bicyclic) bond motifs is 1. The summed E-state index contributed by atoms with van der Waals surface area (Å²) in [6, 6.07) is 1.56. The first kappa shape index (κ1) is 13.5. The van der Waals surface area contributed by atoms with Crippen LogP contribution in [0.1, 0.15) is 54.6 Å². The van der Waals surface area contributed by atoms with Gasteiger partial charge in [0.1, 0.15) is 11.7 Å². The third-order valence-corrected chi connectivity index (χ3v) is 3.36. The Kier molecular flexibility index (Phi) is 3.83. The van der Waals surface area contributed by atoms with Crippen LogP contribution in [0.15, 0.2) is 6.07 Å². The number of benzene rings is 1. The maximum atomic E-state index is 11.7. The second-order valence-electron chi connectivity index (χ2n) is 4.63. The standard InChI is InChI=1S/C14H18O5/c1-3-4-5-6-9-8-7-10(18-2)12(15)13(16)11(8)14(17)19-9/h7,9,15-16H,3-6H2,1-2H3. The molecule has 0 amide bonds. The van der Waals surface area contributed by atoms with Crippen molar-refractivity contribution in [3.8, 4) is 17.2 Å². The van der Waals surface area contributed by atoms with Gasteiger partial charge in [0.05, 0.1) is 7.11 Å². The lowest BCUT2D eigenvalue weighted by Gasteiger charge is -2.12. The molecule has 0 fully saturated rings. The van der Waals surface area contributed by atoms with Crippen molar-refractivity contribution in [1.82, 2.24) is 0 Å². The second kappa shape index (κ2) is 5.38. The van der Waals surface area contributed by atoms with Gasteiger partial charge in [-0.2, -0.15) is 0 Å². The molecular weight excluding hydrogens is 248 g/mol. The number of carbonyl (C=O) groups is 1. The van der Waals surface area contributed by atoms with Crippen molar-refractivity contribution in [3.63, 3.8) is 0 Å². The molecule has 1 aromatic rings. The first-order valence-electron chi connectivity index (χ1n) is 6.43. The fraction of sp³-hybridized carbons (Fsp3) is 0.500. The number of cyclic esters (lactones) is 1. The Labute approximate surface area is 111 Å². The topological polar surface area (TPSA) is 76.0 Å². The Balaban J connectivity index is 2.34. The minimum absolute atomic E-state index is 0.0554. The molecule has 1 heterocycles. The third-order valence-electron chi connectivity index (χ3n) is 3.36. The average Bonchev–Trinajstić information content (AvgIpc) is 2.70. The van der Waals surface area contributed by atoms with Crippen LogP contribution in [0, 0.1) is 0 Å². The Bertz CT molecular complexity index is 495. The smallest absolute Gasteiger partial charge is 0.343 e. The number of ether oxygens (including phenoxy) is 2. The van der Waals surface area contributed by atoms with E-state index in [9.17, 15) is 15.0 Å². The van der Waals surface area contributed by atoms with E-state index in [0.717, 1.165) is 19.3 Å². The fourth-order valence-electron chi connectivity index (χ4n) is 2.32. The third kappa shape index (κ3) is 2.32. The normalized spacial score (nSPS) is 17.2. The van der Waals surface area contributed by atoms with E-state index in [2.05, 4.69) is 6.92 Å². The van der Waals surface area contributed by atoms with Gasteiger partial charge in [0.25, 0.3) is 0 Å². The SMILES string of the molecule is CCCCCC1OC(=O)c2c1cc(OC)c(O)c2O. The van der Waals surface area contributed by atoms with Crippen molar-refractivity contribution in [2.24, 2.45) is 0 Å². The summed E-state index contributed by atoms with van der Waals surface area (Å²) in [6.07, 6.45) is 3.43. The maximum absolute atomic E-state index is 11.7. The van der Waals surface area contributed by atoms with E-state index in [1.807, 2.05) is 0 Å². The molecule has 5 nitrogen and oxygen atoms in total. The van der Waals surface area contributed by atoms with E-state index in [1.54, 1.807) is 6.07 Å². The van der Waals surface area contributed by atoms with Crippen molar-refractivity contribution >= 4 is 5.97 Å². The molecule has 1 aliphatic heterocycles. The van der Waals surface area contributed by atoms with Crippen molar-refractivity contribution in [3.05, 3.63) is 17.2 Å². The van der Waals surface area contributed by atoms with Crippen molar-refractivity contribution in [2.45, 2.75) is 38.7 Å². The highest BCUT2D eigenvalue weighted by Gasteiger charge is 2.36. The quantitative estimate of drug-likeness (QED) is 0.487. The number of phenols is 2. The van der Waals surface area contributed by atoms with Gasteiger partial charge in [-0.15, -0.1) is 0 Å². The molecular formula is C14H18O5. The van der Waals surface area contributed by atoms with Crippen LogP contribution in [0.25, 0.3) is 0 Å². The molecule has 1 aromatic carbocycles. The summed E-state index contributed by atoms with van der Waals surface area (Å²) in [7, 11) is 1.39.